The number of nitrogens with two attached hydrogens (primary N) is 1. The van der Waals surface area contributed by atoms with Crippen LogP contribution in [0.15, 0.2) is 58.1 Å². The topological polar surface area (TPSA) is 110 Å². The van der Waals surface area contributed by atoms with E-state index in [4.69, 9.17) is 10.5 Å². The predicted octanol–water partition coefficient (Wildman–Crippen LogP) is 2.47. The van der Waals surface area contributed by atoms with Gasteiger partial charge in [0.05, 0.1) is 6.54 Å². The molecule has 8 nitrogen and oxygen atoms in total. The largest absolute Gasteiger partial charge is 0.385 e. The fourth-order valence-corrected chi connectivity index (χ4v) is 3.47. The van der Waals surface area contributed by atoms with Crippen LogP contribution in [0.3, 0.4) is 0 Å². The van der Waals surface area contributed by atoms with Crippen molar-refractivity contribution >= 4 is 17.4 Å². The van der Waals surface area contributed by atoms with Gasteiger partial charge in [-0.2, -0.15) is 0 Å². The molecular formula is C24H28N4O4. The van der Waals surface area contributed by atoms with Gasteiger partial charge in [0.2, 0.25) is 0 Å². The fraction of sp³-hybridized carbons (Fsp3) is 0.292. The minimum Gasteiger partial charge on any atom is -0.385 e. The third kappa shape index (κ3) is 4.97. The fourth-order valence-electron chi connectivity index (χ4n) is 3.47. The van der Waals surface area contributed by atoms with E-state index in [2.05, 4.69) is 4.98 Å². The molecule has 1 heterocycles. The highest BCUT2D eigenvalue weighted by molar-refractivity contribution is 6.07. The van der Waals surface area contributed by atoms with Crippen molar-refractivity contribution in [1.82, 2.24) is 9.55 Å². The van der Waals surface area contributed by atoms with E-state index < -0.39 is 11.2 Å². The molecule has 0 aliphatic carbocycles. The van der Waals surface area contributed by atoms with Gasteiger partial charge >= 0.3 is 5.69 Å². The summed E-state index contributed by atoms with van der Waals surface area (Å²) in [6.07, 6.45) is 0.490. The lowest BCUT2D eigenvalue weighted by atomic mass is 10.1. The van der Waals surface area contributed by atoms with Crippen molar-refractivity contribution in [3.63, 3.8) is 0 Å². The Kier molecular flexibility index (Phi) is 7.27. The minimum atomic E-state index is -0.702. The van der Waals surface area contributed by atoms with Crippen LogP contribution in [0.4, 0.5) is 11.5 Å². The lowest BCUT2D eigenvalue weighted by molar-refractivity contribution is 0.0983. The van der Waals surface area contributed by atoms with E-state index in [9.17, 15) is 14.4 Å². The maximum atomic E-state index is 13.5. The lowest BCUT2D eigenvalue weighted by Gasteiger charge is -2.25. The Labute approximate surface area is 186 Å². The molecule has 0 radical (unpaired) electrons. The van der Waals surface area contributed by atoms with Crippen molar-refractivity contribution in [3.05, 3.63) is 91.6 Å². The zero-order chi connectivity index (χ0) is 23.3. The van der Waals surface area contributed by atoms with Crippen LogP contribution < -0.4 is 21.9 Å². The Morgan fingerprint density at radius 2 is 1.81 bits per heavy atom. The van der Waals surface area contributed by atoms with Crippen LogP contribution >= 0.6 is 0 Å². The summed E-state index contributed by atoms with van der Waals surface area (Å²) in [5.41, 5.74) is 8.24. The number of H-pyrrole nitrogens is 1. The van der Waals surface area contributed by atoms with Crippen molar-refractivity contribution in [2.45, 2.75) is 26.8 Å². The van der Waals surface area contributed by atoms with Crippen LogP contribution in [0.5, 0.6) is 0 Å². The van der Waals surface area contributed by atoms with E-state index >= 15 is 0 Å². The molecular weight excluding hydrogens is 408 g/mol. The molecule has 8 heteroatoms. The van der Waals surface area contributed by atoms with Gasteiger partial charge in [-0.1, -0.05) is 36.4 Å². The molecule has 0 unspecified atom stereocenters. The monoisotopic (exact) mass is 436 g/mol. The van der Waals surface area contributed by atoms with E-state index in [1.165, 1.54) is 9.47 Å². The van der Waals surface area contributed by atoms with Crippen LogP contribution in [0.1, 0.15) is 33.5 Å². The molecule has 0 saturated heterocycles. The van der Waals surface area contributed by atoms with Gasteiger partial charge in [-0.25, -0.2) is 4.79 Å². The highest BCUT2D eigenvalue weighted by Crippen LogP contribution is 2.21. The first-order valence-corrected chi connectivity index (χ1v) is 10.4. The van der Waals surface area contributed by atoms with E-state index in [1.807, 2.05) is 50.2 Å². The van der Waals surface area contributed by atoms with Crippen molar-refractivity contribution in [2.24, 2.45) is 0 Å². The number of benzene rings is 2. The zero-order valence-electron chi connectivity index (χ0n) is 18.6. The quantitative estimate of drug-likeness (QED) is 0.527. The second-order valence-electron chi connectivity index (χ2n) is 7.67. The van der Waals surface area contributed by atoms with Crippen LogP contribution in [0, 0.1) is 13.8 Å². The Morgan fingerprint density at radius 1 is 1.09 bits per heavy atom. The minimum absolute atomic E-state index is 0.0418. The summed E-state index contributed by atoms with van der Waals surface area (Å²) in [6, 6.07) is 14.6. The molecule has 0 bridgehead atoms. The first-order chi connectivity index (χ1) is 15.3. The number of aryl methyl sites for hydroxylation is 2. The number of hydrogen-bond donors (Lipinski definition) is 2. The van der Waals surface area contributed by atoms with Crippen molar-refractivity contribution in [3.8, 4) is 0 Å². The number of ether oxygens (including phenoxy) is 1. The number of carbonyl (C=O) groups excluding carboxylic acids is 1. The van der Waals surface area contributed by atoms with Gasteiger partial charge in [-0.05, 0) is 49.1 Å². The molecule has 168 valence electrons. The lowest BCUT2D eigenvalue weighted by Crippen LogP contribution is -2.42. The SMILES string of the molecule is COCCCN(C(=O)c1ccc(C)c(C)c1)c1c(N)n(Cc2ccccc2)c(=O)[nH]c1=O. The highest BCUT2D eigenvalue weighted by atomic mass is 16.5. The molecule has 0 fully saturated rings. The van der Waals surface area contributed by atoms with Crippen LogP contribution in [0.25, 0.3) is 0 Å². The van der Waals surface area contributed by atoms with Gasteiger partial charge in [0.1, 0.15) is 5.82 Å². The smallest absolute Gasteiger partial charge is 0.330 e. The Bertz CT molecular complexity index is 1210. The van der Waals surface area contributed by atoms with E-state index in [0.717, 1.165) is 16.7 Å². The number of carbonyl (C=O) groups is 1. The van der Waals surface area contributed by atoms with Crippen LogP contribution in [-0.4, -0.2) is 35.7 Å². The molecule has 1 amide bonds. The average Bonchev–Trinajstić information content (AvgIpc) is 2.77. The molecule has 0 spiro atoms. The Morgan fingerprint density at radius 3 is 2.47 bits per heavy atom. The number of methoxy groups -OCH3 is 1. The number of nitrogens with zero attached hydrogens (tertiary/aromatic N) is 2. The van der Waals surface area contributed by atoms with Gasteiger partial charge in [-0.15, -0.1) is 0 Å². The highest BCUT2D eigenvalue weighted by Gasteiger charge is 2.25. The number of nitrogens with one attached hydrogen (secondary N) is 1. The Balaban J connectivity index is 2.10. The number of amides is 1. The third-order valence-electron chi connectivity index (χ3n) is 5.40. The third-order valence-corrected chi connectivity index (χ3v) is 5.40. The van der Waals surface area contributed by atoms with Gasteiger partial charge in [0.15, 0.2) is 5.69 Å². The zero-order valence-corrected chi connectivity index (χ0v) is 18.6. The standard InChI is InChI=1S/C24H28N4O4/c1-16-10-11-19(14-17(16)2)23(30)27(12-7-13-32-3)20-21(25)28(24(31)26-22(20)29)15-18-8-5-4-6-9-18/h4-6,8-11,14H,7,12-13,15,25H2,1-3H3,(H,26,29,31). The first-order valence-electron chi connectivity index (χ1n) is 10.4. The van der Waals surface area contributed by atoms with Gasteiger partial charge in [-0.3, -0.25) is 19.1 Å². The average molecular weight is 437 g/mol. The van der Waals surface area contributed by atoms with E-state index in [1.54, 1.807) is 19.2 Å². The summed E-state index contributed by atoms with van der Waals surface area (Å²) in [5, 5.41) is 0. The number of hydrogen-bond acceptors (Lipinski definition) is 5. The maximum absolute atomic E-state index is 13.5. The van der Waals surface area contributed by atoms with Crippen LogP contribution in [-0.2, 0) is 11.3 Å². The summed E-state index contributed by atoms with van der Waals surface area (Å²) in [4.78, 5) is 42.4. The molecule has 0 saturated carbocycles. The predicted molar refractivity (Wildman–Crippen MR) is 125 cm³/mol. The number of anilines is 2. The molecule has 2 aromatic carbocycles. The number of aromatic amines is 1. The molecule has 3 N–H and O–H groups in total. The molecule has 32 heavy (non-hydrogen) atoms. The maximum Gasteiger partial charge on any atom is 0.330 e. The van der Waals surface area contributed by atoms with Gasteiger partial charge < -0.3 is 15.4 Å². The second-order valence-corrected chi connectivity index (χ2v) is 7.67. The van der Waals surface area contributed by atoms with Crippen molar-refractivity contribution in [2.75, 3.05) is 30.9 Å². The van der Waals surface area contributed by atoms with Gasteiger partial charge in [0, 0.05) is 25.8 Å². The molecule has 0 aliphatic rings. The summed E-state index contributed by atoms with van der Waals surface area (Å²) in [5.74, 6) is -0.427. The summed E-state index contributed by atoms with van der Waals surface area (Å²) in [7, 11) is 1.57. The molecule has 3 aromatic rings. The summed E-state index contributed by atoms with van der Waals surface area (Å²) >= 11 is 0. The first kappa shape index (κ1) is 23.0. The van der Waals surface area contributed by atoms with Crippen molar-refractivity contribution < 1.29 is 9.53 Å². The van der Waals surface area contributed by atoms with Crippen molar-refractivity contribution in [1.29, 1.82) is 0 Å². The normalized spacial score (nSPS) is 10.8. The number of rotatable bonds is 8. The van der Waals surface area contributed by atoms with E-state index in [0.29, 0.717) is 18.6 Å². The molecule has 0 atom stereocenters. The van der Waals surface area contributed by atoms with Gasteiger partial charge in [0.25, 0.3) is 11.5 Å². The molecule has 3 rings (SSSR count). The number of aromatic nitrogens is 2. The van der Waals surface area contributed by atoms with E-state index in [-0.39, 0.29) is 30.5 Å². The molecule has 1 aromatic heterocycles. The molecule has 0 aliphatic heterocycles. The number of nitrogen functional groups attached to an aromatic ring is 1. The van der Waals surface area contributed by atoms with Crippen LogP contribution in [0.2, 0.25) is 0 Å². The summed E-state index contributed by atoms with van der Waals surface area (Å²) in [6.45, 7) is 4.65. The Hall–Kier alpha value is -3.65. The summed E-state index contributed by atoms with van der Waals surface area (Å²) < 4.78 is 6.39. The second kappa shape index (κ2) is 10.1.